The zero-order valence-corrected chi connectivity index (χ0v) is 36.4. The molecule has 0 spiro atoms. The van der Waals surface area contributed by atoms with Gasteiger partial charge in [-0.2, -0.15) is 0 Å². The Bertz CT molecular complexity index is 1320. The minimum Gasteiger partial charge on any atom is -0.462 e. The lowest BCUT2D eigenvalue weighted by Crippen LogP contribution is -2.29. The summed E-state index contributed by atoms with van der Waals surface area (Å²) in [5, 5.41) is 18.3. The third-order valence-corrected chi connectivity index (χ3v) is 9.18. The van der Waals surface area contributed by atoms with Crippen molar-refractivity contribution in [1.82, 2.24) is 0 Å². The van der Waals surface area contributed by atoms with Crippen LogP contribution in [0.4, 0.5) is 0 Å². The van der Waals surface area contributed by atoms with E-state index in [1.165, 1.54) is 0 Å². The van der Waals surface area contributed by atoms with Crippen molar-refractivity contribution in [3.8, 4) is 0 Å². The summed E-state index contributed by atoms with van der Waals surface area (Å²) < 4.78 is 32.6. The number of carbonyl (C=O) groups is 2. The van der Waals surface area contributed by atoms with E-state index in [0.29, 0.717) is 12.8 Å². The SMILES string of the molecule is CC/C=C/C=C/C=C/CCCCCCCC(=O)OC(COC(=O)CCCCC/C=C/C/C=C/C/C=C/C/C=C/C/C=C/C/C=C/CC)COP(=O)(O)OC[C@H](O)CO. The number of carbonyl (C=O) groups excluding carboxylic acids is 2. The Balaban J connectivity index is 4.39. The standard InChI is InChI=1S/C47H75O10P/c1-3-5-7-9-11-13-15-17-18-19-20-21-22-23-24-25-27-28-30-32-34-36-38-46(50)54-42-45(43-56-58(52,53)55-41-44(49)40-48)57-47(51)39-37-35-33-31-29-26-16-14-12-10-8-6-4-2/h5-8,10-14,16-18,20-21,23-24,27-28,44-45,48-49H,3-4,9,15,19,22,25-26,29-43H2,1-2H3,(H,52,53)/b7-5+,8-6+,12-10+,13-11+,16-14+,18-17+,21-20+,24-23+,28-27+/t44-,45?/m1/s1. The van der Waals surface area contributed by atoms with E-state index < -0.39 is 51.8 Å². The molecule has 11 heteroatoms. The maximum Gasteiger partial charge on any atom is 0.472 e. The highest BCUT2D eigenvalue weighted by Crippen LogP contribution is 2.43. The Kier molecular flexibility index (Phi) is 39.4. The van der Waals surface area contributed by atoms with Crippen molar-refractivity contribution in [3.63, 3.8) is 0 Å². The fourth-order valence-electron chi connectivity index (χ4n) is 4.99. The first-order chi connectivity index (χ1) is 28.2. The topological polar surface area (TPSA) is 149 Å². The normalized spacial score (nSPS) is 14.9. The number of rotatable bonds is 38. The second-order valence-corrected chi connectivity index (χ2v) is 15.1. The van der Waals surface area contributed by atoms with E-state index in [-0.39, 0.29) is 19.4 Å². The number of aliphatic hydroxyl groups excluding tert-OH is 2. The molecule has 0 aromatic carbocycles. The van der Waals surface area contributed by atoms with Gasteiger partial charge in [0.1, 0.15) is 12.7 Å². The van der Waals surface area contributed by atoms with Crippen molar-refractivity contribution in [2.45, 2.75) is 148 Å². The fraction of sp³-hybridized carbons (Fsp3) is 0.574. The molecule has 0 fully saturated rings. The molecule has 0 rings (SSSR count). The number of allylic oxidation sites excluding steroid dienone is 18. The molecule has 0 aliphatic rings. The van der Waals surface area contributed by atoms with Gasteiger partial charge in [-0.3, -0.25) is 18.6 Å². The number of aliphatic hydroxyl groups is 2. The van der Waals surface area contributed by atoms with Gasteiger partial charge in [-0.15, -0.1) is 0 Å². The van der Waals surface area contributed by atoms with Crippen LogP contribution in [0.3, 0.4) is 0 Å². The first kappa shape index (κ1) is 54.6. The van der Waals surface area contributed by atoms with Gasteiger partial charge in [0.25, 0.3) is 0 Å². The van der Waals surface area contributed by atoms with Gasteiger partial charge in [-0.25, -0.2) is 4.57 Å². The van der Waals surface area contributed by atoms with Crippen LogP contribution in [0.2, 0.25) is 0 Å². The first-order valence-corrected chi connectivity index (χ1v) is 22.9. The van der Waals surface area contributed by atoms with Crippen LogP contribution in [-0.4, -0.2) is 65.7 Å². The van der Waals surface area contributed by atoms with Gasteiger partial charge in [0.15, 0.2) is 6.10 Å². The van der Waals surface area contributed by atoms with Gasteiger partial charge >= 0.3 is 19.8 Å². The molecule has 0 heterocycles. The molecule has 0 bridgehead atoms. The van der Waals surface area contributed by atoms with Gasteiger partial charge in [-0.1, -0.05) is 149 Å². The van der Waals surface area contributed by atoms with Crippen LogP contribution in [0.25, 0.3) is 0 Å². The highest BCUT2D eigenvalue weighted by molar-refractivity contribution is 7.47. The average molecular weight is 831 g/mol. The summed E-state index contributed by atoms with van der Waals surface area (Å²) in [5.74, 6) is -1.00. The lowest BCUT2D eigenvalue weighted by Gasteiger charge is -2.20. The van der Waals surface area contributed by atoms with Crippen molar-refractivity contribution < 1.29 is 47.8 Å². The molecule has 0 aliphatic heterocycles. The Labute approximate surface area is 350 Å². The van der Waals surface area contributed by atoms with Crippen LogP contribution in [0.15, 0.2) is 109 Å². The number of hydrogen-bond donors (Lipinski definition) is 3. The Morgan fingerprint density at radius 2 is 0.983 bits per heavy atom. The van der Waals surface area contributed by atoms with E-state index >= 15 is 0 Å². The summed E-state index contributed by atoms with van der Waals surface area (Å²) in [6, 6.07) is 0. The largest absolute Gasteiger partial charge is 0.472 e. The molecule has 0 saturated carbocycles. The number of ether oxygens (including phenoxy) is 2. The van der Waals surface area contributed by atoms with E-state index in [4.69, 9.17) is 19.1 Å². The monoisotopic (exact) mass is 831 g/mol. The maximum absolute atomic E-state index is 12.6. The third kappa shape index (κ3) is 40.8. The predicted octanol–water partition coefficient (Wildman–Crippen LogP) is 11.4. The lowest BCUT2D eigenvalue weighted by molar-refractivity contribution is -0.161. The van der Waals surface area contributed by atoms with Crippen LogP contribution < -0.4 is 0 Å². The number of unbranched alkanes of at least 4 members (excludes halogenated alkanes) is 8. The maximum atomic E-state index is 12.6. The van der Waals surface area contributed by atoms with Gasteiger partial charge < -0.3 is 24.6 Å². The van der Waals surface area contributed by atoms with Gasteiger partial charge in [0, 0.05) is 12.8 Å². The molecule has 0 amide bonds. The van der Waals surface area contributed by atoms with Crippen molar-refractivity contribution in [1.29, 1.82) is 0 Å². The molecule has 0 saturated heterocycles. The number of phosphoric acid groups is 1. The van der Waals surface area contributed by atoms with Gasteiger partial charge in [0.05, 0.1) is 19.8 Å². The van der Waals surface area contributed by atoms with E-state index in [0.717, 1.165) is 96.3 Å². The van der Waals surface area contributed by atoms with Crippen molar-refractivity contribution >= 4 is 19.8 Å². The van der Waals surface area contributed by atoms with Crippen LogP contribution in [0.5, 0.6) is 0 Å². The summed E-state index contributed by atoms with van der Waals surface area (Å²) >= 11 is 0. The molecular weight excluding hydrogens is 755 g/mol. The van der Waals surface area contributed by atoms with Crippen LogP contribution in [-0.2, 0) is 32.7 Å². The molecule has 2 unspecified atom stereocenters. The molecule has 3 N–H and O–H groups in total. The van der Waals surface area contributed by atoms with E-state index in [2.05, 4.69) is 103 Å². The third-order valence-electron chi connectivity index (χ3n) is 8.23. The first-order valence-electron chi connectivity index (χ1n) is 21.4. The minimum absolute atomic E-state index is 0.146. The van der Waals surface area contributed by atoms with Crippen LogP contribution in [0.1, 0.15) is 136 Å². The molecule has 0 aromatic heterocycles. The van der Waals surface area contributed by atoms with Crippen molar-refractivity contribution in [3.05, 3.63) is 109 Å². The Hall–Kier alpha value is -3.37. The van der Waals surface area contributed by atoms with E-state index in [9.17, 15) is 24.2 Å². The summed E-state index contributed by atoms with van der Waals surface area (Å²) in [6.07, 6.45) is 52.0. The van der Waals surface area contributed by atoms with Gasteiger partial charge in [-0.05, 0) is 83.5 Å². The summed E-state index contributed by atoms with van der Waals surface area (Å²) in [6.45, 7) is 2.03. The summed E-state index contributed by atoms with van der Waals surface area (Å²) in [5.41, 5.74) is 0. The molecular formula is C47H75O10P. The summed E-state index contributed by atoms with van der Waals surface area (Å²) in [4.78, 5) is 35.0. The second-order valence-electron chi connectivity index (χ2n) is 13.7. The van der Waals surface area contributed by atoms with Crippen molar-refractivity contribution in [2.75, 3.05) is 26.4 Å². The van der Waals surface area contributed by atoms with Crippen molar-refractivity contribution in [2.24, 2.45) is 0 Å². The van der Waals surface area contributed by atoms with Gasteiger partial charge in [0.2, 0.25) is 0 Å². The zero-order valence-electron chi connectivity index (χ0n) is 35.5. The van der Waals surface area contributed by atoms with Crippen LogP contribution in [0, 0.1) is 0 Å². The minimum atomic E-state index is -4.64. The molecule has 58 heavy (non-hydrogen) atoms. The van der Waals surface area contributed by atoms with Crippen LogP contribution >= 0.6 is 7.82 Å². The molecule has 0 aliphatic carbocycles. The van der Waals surface area contributed by atoms with E-state index in [1.807, 2.05) is 24.3 Å². The highest BCUT2D eigenvalue weighted by Gasteiger charge is 2.27. The predicted molar refractivity (Wildman–Crippen MR) is 237 cm³/mol. The van der Waals surface area contributed by atoms with E-state index in [1.54, 1.807) is 0 Å². The highest BCUT2D eigenvalue weighted by atomic mass is 31.2. The molecule has 3 atom stereocenters. The number of esters is 2. The molecule has 10 nitrogen and oxygen atoms in total. The lowest BCUT2D eigenvalue weighted by atomic mass is 10.1. The molecule has 0 radical (unpaired) electrons. The second kappa shape index (κ2) is 41.8. The Morgan fingerprint density at radius 3 is 1.55 bits per heavy atom. The smallest absolute Gasteiger partial charge is 0.462 e. The quantitative estimate of drug-likeness (QED) is 0.0180. The Morgan fingerprint density at radius 1 is 0.534 bits per heavy atom. The average Bonchev–Trinajstić information content (AvgIpc) is 3.21. The molecule has 328 valence electrons. The number of hydrogen-bond acceptors (Lipinski definition) is 9. The zero-order chi connectivity index (χ0) is 42.6. The molecule has 0 aromatic rings. The number of phosphoric ester groups is 1. The fourth-order valence-corrected chi connectivity index (χ4v) is 5.78. The summed E-state index contributed by atoms with van der Waals surface area (Å²) in [7, 11) is -4.64.